The van der Waals surface area contributed by atoms with Crippen LogP contribution in [0.4, 0.5) is 0 Å². The molecule has 10 heavy (non-hydrogen) atoms. The molecule has 0 atom stereocenters. The fourth-order valence-electron chi connectivity index (χ4n) is 0.428. The van der Waals surface area contributed by atoms with Gasteiger partial charge in [0, 0.05) is 9.52 Å². The molecule has 0 heterocycles. The monoisotopic (exact) mass is 154 g/mol. The second-order valence-corrected chi connectivity index (χ2v) is 3.46. The third kappa shape index (κ3) is 5.38. The molecule has 1 N–H and O–H groups in total. The maximum Gasteiger partial charge on any atom is 0.115 e. The minimum absolute atomic E-state index is 0.322. The van der Waals surface area contributed by atoms with E-state index in [1.54, 1.807) is 24.3 Å². The number of hydrogen-bond donors (Lipinski definition) is 1. The predicted molar refractivity (Wildman–Crippen MR) is 48.4 cm³/mol. The summed E-state index contributed by atoms with van der Waals surface area (Å²) in [6, 6.07) is 8.71. The van der Waals surface area contributed by atoms with Gasteiger partial charge in [-0.25, -0.2) is 0 Å². The van der Waals surface area contributed by atoms with Crippen LogP contribution in [0.25, 0.3) is 0 Å². The lowest BCUT2D eigenvalue weighted by Crippen LogP contribution is -1.56. The Morgan fingerprint density at radius 3 is 1.70 bits per heavy atom. The molecule has 1 aromatic rings. The smallest absolute Gasteiger partial charge is 0.115 e. The Balaban J connectivity index is 0.000000236. The number of benzene rings is 1. The minimum atomic E-state index is 0.322. The van der Waals surface area contributed by atoms with Crippen LogP contribution in [0, 0.1) is 0 Å². The van der Waals surface area contributed by atoms with Crippen LogP contribution < -0.4 is 0 Å². The number of aromatic hydroxyl groups is 1. The van der Waals surface area contributed by atoms with E-state index in [1.165, 1.54) is 0 Å². The van der Waals surface area contributed by atoms with Crippen LogP contribution in [0.3, 0.4) is 0 Å². The van der Waals surface area contributed by atoms with Crippen molar-refractivity contribution < 1.29 is 5.11 Å². The molecular weight excluding hydrogens is 140 g/mol. The molecule has 0 amide bonds. The maximum atomic E-state index is 8.63. The van der Waals surface area contributed by atoms with E-state index in [9.17, 15) is 0 Å². The molecule has 0 aliphatic rings. The third-order valence-electron chi connectivity index (χ3n) is 0.756. The minimum Gasteiger partial charge on any atom is -0.508 e. The van der Waals surface area contributed by atoms with Crippen molar-refractivity contribution in [3.05, 3.63) is 30.3 Å². The summed E-state index contributed by atoms with van der Waals surface area (Å²) >= 11 is 0. The van der Waals surface area contributed by atoms with Gasteiger partial charge in [0.2, 0.25) is 0 Å². The summed E-state index contributed by atoms with van der Waals surface area (Å²) in [5, 5.41) is 8.63. The van der Waals surface area contributed by atoms with E-state index in [2.05, 4.69) is 13.1 Å². The summed E-state index contributed by atoms with van der Waals surface area (Å²) in [5.41, 5.74) is 0. The zero-order valence-corrected chi connectivity index (χ0v) is 7.96. The standard InChI is InChI=1S/C6H6O.C2H8Si/c7-6-4-2-1-3-5-6;1-3-2/h1-5,7H;3H2,1-2H3. The molecule has 0 aliphatic heterocycles. The summed E-state index contributed by atoms with van der Waals surface area (Å²) < 4.78 is 0. The lowest BCUT2D eigenvalue weighted by molar-refractivity contribution is 0.475. The molecule has 1 aromatic carbocycles. The first-order valence-electron chi connectivity index (χ1n) is 3.55. The molecule has 0 aromatic heterocycles. The largest absolute Gasteiger partial charge is 0.508 e. The Hall–Kier alpha value is -0.763. The topological polar surface area (TPSA) is 20.2 Å². The van der Waals surface area contributed by atoms with Gasteiger partial charge in [-0.05, 0) is 12.1 Å². The fourth-order valence-corrected chi connectivity index (χ4v) is 0.428. The average molecular weight is 154 g/mol. The summed E-state index contributed by atoms with van der Waals surface area (Å²) in [5.74, 6) is 0.322. The molecule has 0 bridgehead atoms. The van der Waals surface area contributed by atoms with E-state index in [0.717, 1.165) is 0 Å². The van der Waals surface area contributed by atoms with Crippen molar-refractivity contribution in [3.8, 4) is 5.75 Å². The summed E-state index contributed by atoms with van der Waals surface area (Å²) in [7, 11) is 0.417. The van der Waals surface area contributed by atoms with Crippen molar-refractivity contribution in [2.24, 2.45) is 0 Å². The highest BCUT2D eigenvalue weighted by Crippen LogP contribution is 2.02. The van der Waals surface area contributed by atoms with Crippen molar-refractivity contribution in [2.75, 3.05) is 0 Å². The van der Waals surface area contributed by atoms with Gasteiger partial charge in [-0.2, -0.15) is 0 Å². The van der Waals surface area contributed by atoms with Crippen molar-refractivity contribution in [2.45, 2.75) is 13.1 Å². The predicted octanol–water partition coefficient (Wildman–Crippen LogP) is 1.64. The Kier molecular flexibility index (Phi) is 5.87. The van der Waals surface area contributed by atoms with Gasteiger partial charge in [-0.15, -0.1) is 0 Å². The van der Waals surface area contributed by atoms with E-state index < -0.39 is 0 Å². The molecular formula is C8H14OSi. The van der Waals surface area contributed by atoms with Gasteiger partial charge >= 0.3 is 0 Å². The van der Waals surface area contributed by atoms with Gasteiger partial charge in [0.15, 0.2) is 0 Å². The van der Waals surface area contributed by atoms with Crippen molar-refractivity contribution in [1.82, 2.24) is 0 Å². The number of hydrogen-bond acceptors (Lipinski definition) is 1. The first-order valence-corrected chi connectivity index (χ1v) is 6.38. The van der Waals surface area contributed by atoms with Crippen LogP contribution in [0.5, 0.6) is 5.75 Å². The Morgan fingerprint density at radius 2 is 1.50 bits per heavy atom. The molecule has 1 nitrogen and oxygen atoms in total. The lowest BCUT2D eigenvalue weighted by atomic mass is 10.3. The van der Waals surface area contributed by atoms with Gasteiger partial charge < -0.3 is 5.11 Å². The number of para-hydroxylation sites is 1. The summed E-state index contributed by atoms with van der Waals surface area (Å²) in [4.78, 5) is 0. The lowest BCUT2D eigenvalue weighted by Gasteiger charge is -1.82. The molecule has 56 valence electrons. The Labute approximate surface area is 64.5 Å². The van der Waals surface area contributed by atoms with E-state index in [1.807, 2.05) is 6.07 Å². The van der Waals surface area contributed by atoms with Crippen LogP contribution in [0.15, 0.2) is 30.3 Å². The van der Waals surface area contributed by atoms with Gasteiger partial charge in [-0.1, -0.05) is 31.3 Å². The molecule has 0 fully saturated rings. The SMILES string of the molecule is C[SiH2]C.Oc1ccccc1. The summed E-state index contributed by atoms with van der Waals surface area (Å²) in [6.07, 6.45) is 0. The molecule has 0 unspecified atom stereocenters. The van der Waals surface area contributed by atoms with E-state index in [-0.39, 0.29) is 0 Å². The highest BCUT2D eigenvalue weighted by molar-refractivity contribution is 6.31. The zero-order chi connectivity index (χ0) is 7.82. The molecule has 0 spiro atoms. The van der Waals surface area contributed by atoms with Gasteiger partial charge in [0.05, 0.1) is 0 Å². The van der Waals surface area contributed by atoms with E-state index in [0.29, 0.717) is 15.3 Å². The molecule has 2 heteroatoms. The zero-order valence-electron chi connectivity index (χ0n) is 6.54. The quantitative estimate of drug-likeness (QED) is 0.563. The van der Waals surface area contributed by atoms with Gasteiger partial charge in [-0.3, -0.25) is 0 Å². The Morgan fingerprint density at radius 1 is 1.10 bits per heavy atom. The van der Waals surface area contributed by atoms with Crippen molar-refractivity contribution >= 4 is 9.52 Å². The highest BCUT2D eigenvalue weighted by atomic mass is 28.2. The van der Waals surface area contributed by atoms with E-state index in [4.69, 9.17) is 5.11 Å². The third-order valence-corrected chi connectivity index (χ3v) is 0.756. The second kappa shape index (κ2) is 6.36. The van der Waals surface area contributed by atoms with Crippen LogP contribution >= 0.6 is 0 Å². The maximum absolute atomic E-state index is 8.63. The van der Waals surface area contributed by atoms with Crippen LogP contribution in [0.2, 0.25) is 13.1 Å². The van der Waals surface area contributed by atoms with E-state index >= 15 is 0 Å². The first kappa shape index (κ1) is 9.24. The first-order chi connectivity index (χ1) is 4.81. The van der Waals surface area contributed by atoms with Crippen molar-refractivity contribution in [1.29, 1.82) is 0 Å². The molecule has 0 radical (unpaired) electrons. The summed E-state index contributed by atoms with van der Waals surface area (Å²) in [6.45, 7) is 4.53. The van der Waals surface area contributed by atoms with Crippen LogP contribution in [-0.2, 0) is 0 Å². The average Bonchev–Trinajstić information content (AvgIpc) is 1.91. The van der Waals surface area contributed by atoms with Gasteiger partial charge in [0.25, 0.3) is 0 Å². The molecule has 0 aliphatic carbocycles. The number of rotatable bonds is 0. The normalized spacial score (nSPS) is 7.80. The molecule has 0 saturated heterocycles. The number of phenolic OH excluding ortho intramolecular Hbond substituents is 1. The van der Waals surface area contributed by atoms with Gasteiger partial charge in [0.1, 0.15) is 5.75 Å². The second-order valence-electron chi connectivity index (χ2n) is 2.04. The van der Waals surface area contributed by atoms with Crippen LogP contribution in [0.1, 0.15) is 0 Å². The Bertz CT molecular complexity index is 151. The highest BCUT2D eigenvalue weighted by Gasteiger charge is 1.74. The fraction of sp³-hybridized carbons (Fsp3) is 0.250. The number of phenols is 1. The van der Waals surface area contributed by atoms with Crippen molar-refractivity contribution in [3.63, 3.8) is 0 Å². The van der Waals surface area contributed by atoms with Crippen LogP contribution in [-0.4, -0.2) is 14.6 Å². The molecule has 0 saturated carbocycles. The molecule has 1 rings (SSSR count).